The van der Waals surface area contributed by atoms with E-state index in [0.29, 0.717) is 12.5 Å². The minimum absolute atomic E-state index is 0.0366. The fourth-order valence-corrected chi connectivity index (χ4v) is 4.09. The van der Waals surface area contributed by atoms with Crippen molar-refractivity contribution in [3.8, 4) is 0 Å². The van der Waals surface area contributed by atoms with Gasteiger partial charge in [-0.15, -0.1) is 0 Å². The van der Waals surface area contributed by atoms with Crippen LogP contribution in [-0.4, -0.2) is 54.0 Å². The standard InChI is InChI=1S/C23H20F6N5O3/c1-11-6-17(20(37)18(11)35)32-21-14(8-30-10-31-21)19(36)16-4-5-34(33-16)9-12-2-3-13(22(24,25)26)7-15(12)23(27,28)29/h2-5,7-8,10-11,17-18,20,35,37H,1,6,9H2,(H,30,31,32)/t11-,17-,18-,20+/m1/s1. The molecule has 0 spiro atoms. The highest BCUT2D eigenvalue weighted by Crippen LogP contribution is 2.37. The van der Waals surface area contributed by atoms with Crippen LogP contribution in [0.3, 0.4) is 0 Å². The molecule has 37 heavy (non-hydrogen) atoms. The summed E-state index contributed by atoms with van der Waals surface area (Å²) >= 11 is 0. The number of hydrogen-bond donors (Lipinski definition) is 3. The molecule has 1 aliphatic carbocycles. The number of aliphatic hydroxyl groups excluding tert-OH is 2. The number of carbonyl (C=O) groups excluding carboxylic acids is 1. The first-order chi connectivity index (χ1) is 17.3. The van der Waals surface area contributed by atoms with E-state index in [1.54, 1.807) is 0 Å². The van der Waals surface area contributed by atoms with Crippen LogP contribution in [-0.2, 0) is 18.9 Å². The van der Waals surface area contributed by atoms with Crippen molar-refractivity contribution in [2.75, 3.05) is 5.32 Å². The Morgan fingerprint density at radius 2 is 1.84 bits per heavy atom. The second-order valence-corrected chi connectivity index (χ2v) is 8.61. The first kappa shape index (κ1) is 26.5. The number of aromatic nitrogens is 4. The second kappa shape index (κ2) is 9.74. The molecule has 2 aromatic heterocycles. The summed E-state index contributed by atoms with van der Waals surface area (Å²) in [5.41, 5.74) is -3.60. The molecule has 2 heterocycles. The van der Waals surface area contributed by atoms with Gasteiger partial charge in [-0.1, -0.05) is 6.07 Å². The molecular formula is C23H20F6N5O3. The van der Waals surface area contributed by atoms with Crippen molar-refractivity contribution in [1.29, 1.82) is 0 Å². The molecule has 0 saturated heterocycles. The SMILES string of the molecule is [CH2][C@@H]1C[C@@H](Nc2ncncc2C(=O)c2ccn(Cc3ccc(C(F)(F)F)cc3C(F)(F)F)n2)[C@H](O)[C@@H]1O. The average Bonchev–Trinajstić information content (AvgIpc) is 3.38. The number of aliphatic hydroxyl groups is 2. The Bertz CT molecular complexity index is 1290. The number of halogens is 6. The van der Waals surface area contributed by atoms with Gasteiger partial charge in [0.05, 0.1) is 35.4 Å². The van der Waals surface area contributed by atoms with Gasteiger partial charge in [-0.25, -0.2) is 9.97 Å². The number of nitrogens with zero attached hydrogens (tertiary/aromatic N) is 4. The quantitative estimate of drug-likeness (QED) is 0.332. The summed E-state index contributed by atoms with van der Waals surface area (Å²) in [5, 5.41) is 27.0. The first-order valence-corrected chi connectivity index (χ1v) is 10.9. The van der Waals surface area contributed by atoms with Gasteiger partial charge in [0.1, 0.15) is 23.9 Å². The molecule has 1 saturated carbocycles. The number of hydrogen-bond acceptors (Lipinski definition) is 7. The molecule has 197 valence electrons. The van der Waals surface area contributed by atoms with E-state index in [0.717, 1.165) is 17.1 Å². The molecule has 3 aromatic rings. The van der Waals surface area contributed by atoms with Crippen LogP contribution < -0.4 is 5.32 Å². The van der Waals surface area contributed by atoms with Crippen LogP contribution in [0.4, 0.5) is 32.2 Å². The summed E-state index contributed by atoms with van der Waals surface area (Å²) in [4.78, 5) is 20.9. The van der Waals surface area contributed by atoms with E-state index in [1.165, 1.54) is 18.5 Å². The number of alkyl halides is 6. The Hall–Kier alpha value is -3.52. The molecule has 0 amide bonds. The maximum Gasteiger partial charge on any atom is 0.416 e. The van der Waals surface area contributed by atoms with Gasteiger partial charge in [0.15, 0.2) is 0 Å². The van der Waals surface area contributed by atoms with Crippen LogP contribution in [0.2, 0.25) is 0 Å². The van der Waals surface area contributed by atoms with Gasteiger partial charge in [0, 0.05) is 12.4 Å². The fourth-order valence-electron chi connectivity index (χ4n) is 4.09. The number of benzene rings is 1. The Morgan fingerprint density at radius 3 is 2.46 bits per heavy atom. The maximum atomic E-state index is 13.5. The molecule has 0 unspecified atom stereocenters. The zero-order valence-electron chi connectivity index (χ0n) is 18.8. The van der Waals surface area contributed by atoms with Crippen LogP contribution >= 0.6 is 0 Å². The maximum absolute atomic E-state index is 13.5. The summed E-state index contributed by atoms with van der Waals surface area (Å²) in [6, 6.07) is 1.88. The zero-order valence-corrected chi connectivity index (χ0v) is 18.8. The average molecular weight is 528 g/mol. The molecule has 1 radical (unpaired) electrons. The monoisotopic (exact) mass is 528 g/mol. The van der Waals surface area contributed by atoms with Crippen LogP contribution in [0, 0.1) is 12.8 Å². The predicted octanol–water partition coefficient (Wildman–Crippen LogP) is 3.35. The molecule has 0 bridgehead atoms. The van der Waals surface area contributed by atoms with Crippen LogP contribution in [0.5, 0.6) is 0 Å². The van der Waals surface area contributed by atoms with Gasteiger partial charge < -0.3 is 15.5 Å². The van der Waals surface area contributed by atoms with Crippen molar-refractivity contribution in [3.63, 3.8) is 0 Å². The van der Waals surface area contributed by atoms with Crippen molar-refractivity contribution in [2.24, 2.45) is 5.92 Å². The summed E-state index contributed by atoms with van der Waals surface area (Å²) in [5.74, 6) is -1.09. The van der Waals surface area contributed by atoms with Gasteiger partial charge in [-0.05, 0) is 43.0 Å². The third-order valence-electron chi connectivity index (χ3n) is 6.03. The van der Waals surface area contributed by atoms with Crippen molar-refractivity contribution in [2.45, 2.75) is 43.6 Å². The summed E-state index contributed by atoms with van der Waals surface area (Å²) < 4.78 is 80.1. The Balaban J connectivity index is 1.57. The van der Waals surface area contributed by atoms with Crippen LogP contribution in [0.25, 0.3) is 0 Å². The number of anilines is 1. The van der Waals surface area contributed by atoms with Crippen LogP contribution in [0.1, 0.15) is 39.2 Å². The molecule has 0 aliphatic heterocycles. The molecular weight excluding hydrogens is 508 g/mol. The molecule has 4 atom stereocenters. The van der Waals surface area contributed by atoms with E-state index >= 15 is 0 Å². The van der Waals surface area contributed by atoms with Gasteiger partial charge in [-0.3, -0.25) is 9.48 Å². The number of carbonyl (C=O) groups is 1. The topological polar surface area (TPSA) is 113 Å². The molecule has 14 heteroatoms. The highest BCUT2D eigenvalue weighted by atomic mass is 19.4. The predicted molar refractivity (Wildman–Crippen MR) is 116 cm³/mol. The minimum atomic E-state index is -5.05. The van der Waals surface area contributed by atoms with E-state index in [-0.39, 0.29) is 23.1 Å². The summed E-state index contributed by atoms with van der Waals surface area (Å²) in [7, 11) is 0. The Kier molecular flexibility index (Phi) is 6.99. The van der Waals surface area contributed by atoms with E-state index in [9.17, 15) is 41.4 Å². The van der Waals surface area contributed by atoms with E-state index < -0.39 is 65.5 Å². The summed E-state index contributed by atoms with van der Waals surface area (Å²) in [6.45, 7) is 3.20. The molecule has 1 fully saturated rings. The van der Waals surface area contributed by atoms with Crippen molar-refractivity contribution < 1.29 is 41.4 Å². The number of rotatable bonds is 6. The molecule has 8 nitrogen and oxygen atoms in total. The third kappa shape index (κ3) is 5.59. The summed E-state index contributed by atoms with van der Waals surface area (Å²) in [6.07, 6.45) is -8.37. The fraction of sp³-hybridized carbons (Fsp3) is 0.348. The first-order valence-electron chi connectivity index (χ1n) is 10.9. The molecule has 1 aromatic carbocycles. The lowest BCUT2D eigenvalue weighted by Crippen LogP contribution is -2.35. The lowest BCUT2D eigenvalue weighted by molar-refractivity contribution is -0.143. The zero-order chi connectivity index (χ0) is 27.1. The second-order valence-electron chi connectivity index (χ2n) is 8.61. The highest BCUT2D eigenvalue weighted by Gasteiger charge is 2.40. The van der Waals surface area contributed by atoms with E-state index in [2.05, 4.69) is 27.3 Å². The van der Waals surface area contributed by atoms with Gasteiger partial charge in [0.25, 0.3) is 0 Å². The van der Waals surface area contributed by atoms with Crippen molar-refractivity contribution in [3.05, 3.63) is 77.9 Å². The molecule has 1 aliphatic rings. The van der Waals surface area contributed by atoms with E-state index in [1.807, 2.05) is 0 Å². The Morgan fingerprint density at radius 1 is 1.11 bits per heavy atom. The normalized spacial score (nSPS) is 22.3. The van der Waals surface area contributed by atoms with Crippen molar-refractivity contribution >= 4 is 11.6 Å². The molecule has 4 rings (SSSR count). The van der Waals surface area contributed by atoms with Gasteiger partial charge in [0.2, 0.25) is 5.78 Å². The smallest absolute Gasteiger partial charge is 0.390 e. The van der Waals surface area contributed by atoms with Gasteiger partial charge in [-0.2, -0.15) is 31.4 Å². The number of nitrogens with one attached hydrogen (secondary N) is 1. The minimum Gasteiger partial charge on any atom is -0.390 e. The van der Waals surface area contributed by atoms with Gasteiger partial charge >= 0.3 is 12.4 Å². The number of ketones is 1. The lowest BCUT2D eigenvalue weighted by atomic mass is 10.0. The third-order valence-corrected chi connectivity index (χ3v) is 6.03. The van der Waals surface area contributed by atoms with Crippen LogP contribution in [0.15, 0.2) is 43.0 Å². The van der Waals surface area contributed by atoms with E-state index in [4.69, 9.17) is 0 Å². The Labute approximate surface area is 206 Å². The van der Waals surface area contributed by atoms with Crippen molar-refractivity contribution in [1.82, 2.24) is 19.7 Å². The highest BCUT2D eigenvalue weighted by molar-refractivity contribution is 6.10. The molecule has 3 N–H and O–H groups in total. The largest absolute Gasteiger partial charge is 0.416 e. The lowest BCUT2D eigenvalue weighted by Gasteiger charge is -2.19.